The number of nitrogens with one attached hydrogen (secondary N) is 2. The van der Waals surface area contributed by atoms with Gasteiger partial charge in [-0.05, 0) is 12.1 Å². The van der Waals surface area contributed by atoms with Gasteiger partial charge in [-0.15, -0.1) is 0 Å². The van der Waals surface area contributed by atoms with Crippen molar-refractivity contribution in [3.8, 4) is 6.07 Å². The molecule has 74 valence electrons. The summed E-state index contributed by atoms with van der Waals surface area (Å²) in [6.45, 7) is 0. The fourth-order valence-electron chi connectivity index (χ4n) is 1.34. The summed E-state index contributed by atoms with van der Waals surface area (Å²) >= 11 is 0. The fraction of sp³-hybridized carbons (Fsp3) is 0. The van der Waals surface area contributed by atoms with Crippen molar-refractivity contribution in [2.75, 3.05) is 10.6 Å². The van der Waals surface area contributed by atoms with Gasteiger partial charge in [-0.2, -0.15) is 5.26 Å². The van der Waals surface area contributed by atoms with Crippen molar-refractivity contribution in [3.63, 3.8) is 0 Å². The van der Waals surface area contributed by atoms with Crippen LogP contribution in [-0.4, -0.2) is 11.1 Å². The first-order chi connectivity index (χ1) is 7.22. The summed E-state index contributed by atoms with van der Waals surface area (Å²) in [7, 11) is 0. The van der Waals surface area contributed by atoms with E-state index in [4.69, 9.17) is 10.4 Å². The Labute approximate surface area is 85.6 Å². The largest absolute Gasteiger partial charge is 0.477 e. The molecule has 5 heteroatoms. The van der Waals surface area contributed by atoms with Gasteiger partial charge in [-0.3, -0.25) is 0 Å². The molecule has 0 saturated carbocycles. The monoisotopic (exact) mass is 201 g/mol. The number of aliphatic carboxylic acids is 1. The van der Waals surface area contributed by atoms with E-state index in [2.05, 4.69) is 10.6 Å². The first-order valence-corrected chi connectivity index (χ1v) is 4.23. The Balaban J connectivity index is 2.42. The lowest BCUT2D eigenvalue weighted by Gasteiger charge is -1.99. The van der Waals surface area contributed by atoms with E-state index in [1.807, 2.05) is 12.1 Å². The van der Waals surface area contributed by atoms with Crippen LogP contribution in [0.2, 0.25) is 0 Å². The van der Waals surface area contributed by atoms with E-state index in [1.165, 1.54) is 0 Å². The predicted octanol–water partition coefficient (Wildman–Crippen LogP) is 1.34. The molecule has 15 heavy (non-hydrogen) atoms. The van der Waals surface area contributed by atoms with Gasteiger partial charge >= 0.3 is 5.97 Å². The lowest BCUT2D eigenvalue weighted by Crippen LogP contribution is -2.10. The van der Waals surface area contributed by atoms with Gasteiger partial charge in [0.25, 0.3) is 0 Å². The number of hydrogen-bond donors (Lipinski definition) is 3. The van der Waals surface area contributed by atoms with Gasteiger partial charge in [0.2, 0.25) is 0 Å². The number of nitriles is 1. The van der Waals surface area contributed by atoms with E-state index < -0.39 is 5.97 Å². The molecule has 0 atom stereocenters. The minimum absolute atomic E-state index is 0.214. The van der Waals surface area contributed by atoms with Crippen molar-refractivity contribution in [1.82, 2.24) is 0 Å². The quantitative estimate of drug-likeness (QED) is 0.471. The molecule has 1 aliphatic heterocycles. The molecule has 0 amide bonds. The second-order valence-electron chi connectivity index (χ2n) is 2.96. The fourth-order valence-corrected chi connectivity index (χ4v) is 1.34. The molecular weight excluding hydrogens is 194 g/mol. The number of benzene rings is 1. The lowest BCUT2D eigenvalue weighted by atomic mass is 10.3. The van der Waals surface area contributed by atoms with Gasteiger partial charge in [0.05, 0.1) is 11.4 Å². The van der Waals surface area contributed by atoms with Gasteiger partial charge in [-0.25, -0.2) is 4.79 Å². The summed E-state index contributed by atoms with van der Waals surface area (Å²) in [6, 6.07) is 8.87. The molecule has 2 rings (SSSR count). The topological polar surface area (TPSA) is 85.2 Å². The molecule has 0 aromatic heterocycles. The van der Waals surface area contributed by atoms with Crippen LogP contribution in [0.5, 0.6) is 0 Å². The van der Waals surface area contributed by atoms with Crippen LogP contribution >= 0.6 is 0 Å². The maximum atomic E-state index is 10.7. The van der Waals surface area contributed by atoms with Gasteiger partial charge in [-0.1, -0.05) is 12.1 Å². The second-order valence-corrected chi connectivity index (χ2v) is 2.96. The Morgan fingerprint density at radius 1 is 1.27 bits per heavy atom. The zero-order valence-corrected chi connectivity index (χ0v) is 7.61. The Hall–Kier alpha value is -2.48. The minimum Gasteiger partial charge on any atom is -0.477 e. The van der Waals surface area contributed by atoms with Crippen molar-refractivity contribution < 1.29 is 9.90 Å². The summed E-state index contributed by atoms with van der Waals surface area (Å²) in [6.07, 6.45) is 0. The summed E-state index contributed by atoms with van der Waals surface area (Å²) in [4.78, 5) is 10.7. The van der Waals surface area contributed by atoms with E-state index in [0.717, 1.165) is 11.4 Å². The number of carboxylic acid groups (broad SMARTS) is 1. The van der Waals surface area contributed by atoms with Crippen molar-refractivity contribution >= 4 is 17.3 Å². The highest BCUT2D eigenvalue weighted by molar-refractivity contribution is 5.95. The van der Waals surface area contributed by atoms with Crippen LogP contribution in [0.15, 0.2) is 35.7 Å². The third-order valence-corrected chi connectivity index (χ3v) is 2.02. The Morgan fingerprint density at radius 2 is 1.80 bits per heavy atom. The van der Waals surface area contributed by atoms with E-state index in [1.54, 1.807) is 18.2 Å². The third-order valence-electron chi connectivity index (χ3n) is 2.02. The van der Waals surface area contributed by atoms with Crippen LogP contribution in [0.25, 0.3) is 0 Å². The smallest absolute Gasteiger partial charge is 0.350 e. The maximum absolute atomic E-state index is 10.7. The molecule has 0 saturated heterocycles. The van der Waals surface area contributed by atoms with Gasteiger partial charge in [0.15, 0.2) is 5.57 Å². The summed E-state index contributed by atoms with van der Waals surface area (Å²) in [5.74, 6) is -1.04. The van der Waals surface area contributed by atoms with Crippen molar-refractivity contribution in [3.05, 3.63) is 35.7 Å². The number of nitrogens with zero attached hydrogens (tertiary/aromatic N) is 1. The molecule has 5 nitrogen and oxygen atoms in total. The molecule has 0 unspecified atom stereocenters. The summed E-state index contributed by atoms with van der Waals surface area (Å²) in [5, 5.41) is 23.1. The van der Waals surface area contributed by atoms with Crippen LogP contribution in [0.3, 0.4) is 0 Å². The van der Waals surface area contributed by atoms with E-state index in [0.29, 0.717) is 0 Å². The third kappa shape index (κ3) is 1.48. The van der Waals surface area contributed by atoms with Crippen molar-refractivity contribution in [2.45, 2.75) is 0 Å². The van der Waals surface area contributed by atoms with Gasteiger partial charge in [0.1, 0.15) is 11.9 Å². The molecule has 0 bridgehead atoms. The molecule has 0 radical (unpaired) electrons. The van der Waals surface area contributed by atoms with Gasteiger partial charge < -0.3 is 15.7 Å². The molecule has 0 spiro atoms. The number of para-hydroxylation sites is 2. The zero-order valence-electron chi connectivity index (χ0n) is 7.61. The Bertz CT molecular complexity index is 473. The Kier molecular flexibility index (Phi) is 2.03. The maximum Gasteiger partial charge on any atom is 0.350 e. The highest BCUT2D eigenvalue weighted by Crippen LogP contribution is 2.30. The summed E-state index contributed by atoms with van der Waals surface area (Å²) in [5.41, 5.74) is 1.20. The molecule has 1 aliphatic rings. The van der Waals surface area contributed by atoms with Crippen LogP contribution in [0, 0.1) is 11.3 Å². The molecule has 1 heterocycles. The number of rotatable bonds is 1. The van der Waals surface area contributed by atoms with E-state index in [-0.39, 0.29) is 11.4 Å². The van der Waals surface area contributed by atoms with Gasteiger partial charge in [0, 0.05) is 0 Å². The molecule has 0 aliphatic carbocycles. The molecule has 1 aromatic rings. The molecule has 3 N–H and O–H groups in total. The molecule has 1 aromatic carbocycles. The first-order valence-electron chi connectivity index (χ1n) is 4.23. The minimum atomic E-state index is -1.25. The number of hydrogen-bond acceptors (Lipinski definition) is 4. The standard InChI is InChI=1S/C10H7N3O2/c11-5-6(10(14)15)9-12-7-3-1-2-4-8(7)13-9/h1-4,12-13H,(H,14,15). The number of anilines is 2. The number of fused-ring (bicyclic) bond motifs is 1. The van der Waals surface area contributed by atoms with Crippen LogP contribution in [-0.2, 0) is 4.79 Å². The number of carboxylic acids is 1. The SMILES string of the molecule is N#CC(C(=O)O)=C1Nc2ccccc2N1. The second kappa shape index (κ2) is 3.35. The summed E-state index contributed by atoms with van der Waals surface area (Å²) < 4.78 is 0. The zero-order chi connectivity index (χ0) is 10.8. The number of carbonyl (C=O) groups is 1. The van der Waals surface area contributed by atoms with Crippen LogP contribution in [0.4, 0.5) is 11.4 Å². The van der Waals surface area contributed by atoms with Crippen molar-refractivity contribution in [1.29, 1.82) is 5.26 Å². The van der Waals surface area contributed by atoms with E-state index >= 15 is 0 Å². The van der Waals surface area contributed by atoms with Crippen LogP contribution in [0.1, 0.15) is 0 Å². The first kappa shape index (κ1) is 9.09. The Morgan fingerprint density at radius 3 is 2.20 bits per heavy atom. The van der Waals surface area contributed by atoms with Crippen LogP contribution < -0.4 is 10.6 Å². The van der Waals surface area contributed by atoms with Crippen molar-refractivity contribution in [2.24, 2.45) is 0 Å². The molecule has 0 fully saturated rings. The highest BCUT2D eigenvalue weighted by atomic mass is 16.4. The predicted molar refractivity (Wildman–Crippen MR) is 54.0 cm³/mol. The van der Waals surface area contributed by atoms with E-state index in [9.17, 15) is 4.79 Å². The average Bonchev–Trinajstić information content (AvgIpc) is 2.61. The normalized spacial score (nSPS) is 12.1. The molecular formula is C10H7N3O2. The average molecular weight is 201 g/mol. The highest BCUT2D eigenvalue weighted by Gasteiger charge is 2.20. The lowest BCUT2D eigenvalue weighted by molar-refractivity contribution is -0.132.